The quantitative estimate of drug-likeness (QED) is 0.666. The van der Waals surface area contributed by atoms with Crippen molar-refractivity contribution in [2.24, 2.45) is 0 Å². The first kappa shape index (κ1) is 9.11. The van der Waals surface area contributed by atoms with Crippen molar-refractivity contribution >= 4 is 5.69 Å². The van der Waals surface area contributed by atoms with Gasteiger partial charge in [0.1, 0.15) is 0 Å². The topological polar surface area (TPSA) is 26.0 Å². The Labute approximate surface area is 74.6 Å². The number of rotatable bonds is 2. The van der Waals surface area contributed by atoms with Crippen LogP contribution in [0.15, 0.2) is 12.1 Å². The number of nitrogen functional groups attached to an aromatic ring is 1. The molecule has 0 heterocycles. The third-order valence-electron chi connectivity index (χ3n) is 2.19. The summed E-state index contributed by atoms with van der Waals surface area (Å²) in [7, 11) is 0. The van der Waals surface area contributed by atoms with E-state index in [1.807, 2.05) is 0 Å². The summed E-state index contributed by atoms with van der Waals surface area (Å²) in [4.78, 5) is 0. The third-order valence-corrected chi connectivity index (χ3v) is 2.19. The number of benzene rings is 1. The molecule has 2 N–H and O–H groups in total. The van der Waals surface area contributed by atoms with Crippen molar-refractivity contribution in [2.45, 2.75) is 33.6 Å². The normalized spacial score (nSPS) is 10.2. The summed E-state index contributed by atoms with van der Waals surface area (Å²) in [5, 5.41) is 0. The molecule has 0 amide bonds. The van der Waals surface area contributed by atoms with E-state index in [1.54, 1.807) is 0 Å². The van der Waals surface area contributed by atoms with Crippen LogP contribution in [0.5, 0.6) is 0 Å². The summed E-state index contributed by atoms with van der Waals surface area (Å²) < 4.78 is 0. The van der Waals surface area contributed by atoms with Crippen LogP contribution in [-0.2, 0) is 6.42 Å². The number of aryl methyl sites for hydroxylation is 3. The molecule has 12 heavy (non-hydrogen) atoms. The van der Waals surface area contributed by atoms with E-state index in [9.17, 15) is 0 Å². The Morgan fingerprint density at radius 1 is 1.17 bits per heavy atom. The summed E-state index contributed by atoms with van der Waals surface area (Å²) in [6.45, 7) is 6.34. The molecule has 0 fully saturated rings. The van der Waals surface area contributed by atoms with E-state index >= 15 is 0 Å². The molecular formula is C11H17N. The zero-order valence-electron chi connectivity index (χ0n) is 8.15. The van der Waals surface area contributed by atoms with E-state index in [0.717, 1.165) is 12.1 Å². The molecule has 1 aromatic carbocycles. The zero-order valence-corrected chi connectivity index (χ0v) is 8.15. The minimum Gasteiger partial charge on any atom is -0.398 e. The average Bonchev–Trinajstić information content (AvgIpc) is 2.01. The van der Waals surface area contributed by atoms with Crippen LogP contribution in [0.1, 0.15) is 30.0 Å². The van der Waals surface area contributed by atoms with Gasteiger partial charge >= 0.3 is 0 Å². The third kappa shape index (κ3) is 1.79. The van der Waals surface area contributed by atoms with Gasteiger partial charge in [-0.15, -0.1) is 0 Å². The van der Waals surface area contributed by atoms with E-state index in [-0.39, 0.29) is 0 Å². The van der Waals surface area contributed by atoms with Gasteiger partial charge in [-0.05, 0) is 37.0 Å². The number of anilines is 1. The molecule has 0 aliphatic heterocycles. The van der Waals surface area contributed by atoms with E-state index in [4.69, 9.17) is 5.73 Å². The predicted octanol–water partition coefficient (Wildman–Crippen LogP) is 2.84. The minimum atomic E-state index is 0.940. The van der Waals surface area contributed by atoms with E-state index < -0.39 is 0 Å². The first-order valence-corrected chi connectivity index (χ1v) is 4.50. The Bertz CT molecular complexity index is 253. The Hall–Kier alpha value is -0.980. The molecule has 0 aliphatic rings. The molecule has 0 aliphatic carbocycles. The highest BCUT2D eigenvalue weighted by atomic mass is 14.6. The van der Waals surface area contributed by atoms with E-state index in [2.05, 4.69) is 32.9 Å². The monoisotopic (exact) mass is 163 g/mol. The minimum absolute atomic E-state index is 0.940. The van der Waals surface area contributed by atoms with Crippen LogP contribution in [0.3, 0.4) is 0 Å². The molecule has 0 radical (unpaired) electrons. The first-order valence-electron chi connectivity index (χ1n) is 4.50. The molecule has 0 saturated heterocycles. The fourth-order valence-corrected chi connectivity index (χ4v) is 1.50. The maximum absolute atomic E-state index is 5.85. The maximum atomic E-state index is 5.85. The zero-order chi connectivity index (χ0) is 9.14. The Balaban J connectivity index is 3.04. The summed E-state index contributed by atoms with van der Waals surface area (Å²) in [5.41, 5.74) is 10.6. The molecule has 0 aromatic heterocycles. The molecule has 1 rings (SSSR count). The SMILES string of the molecule is CCCc1cc(C)c(N)c(C)c1. The van der Waals surface area contributed by atoms with Gasteiger partial charge in [0.25, 0.3) is 0 Å². The second kappa shape index (κ2) is 3.61. The lowest BCUT2D eigenvalue weighted by Crippen LogP contribution is -1.95. The molecule has 1 nitrogen and oxygen atoms in total. The lowest BCUT2D eigenvalue weighted by molar-refractivity contribution is 0.919. The average molecular weight is 163 g/mol. The summed E-state index contributed by atoms with van der Waals surface area (Å²) in [6.07, 6.45) is 2.35. The van der Waals surface area contributed by atoms with Crippen LogP contribution in [-0.4, -0.2) is 0 Å². The van der Waals surface area contributed by atoms with E-state index in [1.165, 1.54) is 23.1 Å². The molecule has 1 heteroatoms. The number of hydrogen-bond donors (Lipinski definition) is 1. The highest BCUT2D eigenvalue weighted by Crippen LogP contribution is 2.19. The molecule has 0 spiro atoms. The smallest absolute Gasteiger partial charge is 0.0373 e. The molecule has 0 bridgehead atoms. The fraction of sp³-hybridized carbons (Fsp3) is 0.455. The molecule has 1 aromatic rings. The predicted molar refractivity (Wildman–Crippen MR) is 54.3 cm³/mol. The number of hydrogen-bond acceptors (Lipinski definition) is 1. The van der Waals surface area contributed by atoms with Gasteiger partial charge in [0, 0.05) is 5.69 Å². The molecule has 66 valence electrons. The van der Waals surface area contributed by atoms with Crippen LogP contribution < -0.4 is 5.73 Å². The van der Waals surface area contributed by atoms with Gasteiger partial charge in [-0.3, -0.25) is 0 Å². The lowest BCUT2D eigenvalue weighted by atomic mass is 10.0. The van der Waals surface area contributed by atoms with Crippen molar-refractivity contribution in [3.05, 3.63) is 28.8 Å². The van der Waals surface area contributed by atoms with Crippen molar-refractivity contribution in [3.63, 3.8) is 0 Å². The summed E-state index contributed by atoms with van der Waals surface area (Å²) in [5.74, 6) is 0. The Kier molecular flexibility index (Phi) is 2.74. The highest BCUT2D eigenvalue weighted by molar-refractivity contribution is 5.54. The summed E-state index contributed by atoms with van der Waals surface area (Å²) >= 11 is 0. The van der Waals surface area contributed by atoms with Gasteiger partial charge in [-0.1, -0.05) is 25.5 Å². The van der Waals surface area contributed by atoms with Gasteiger partial charge < -0.3 is 5.73 Å². The van der Waals surface area contributed by atoms with Crippen LogP contribution in [0.4, 0.5) is 5.69 Å². The van der Waals surface area contributed by atoms with Crippen LogP contribution in [0.25, 0.3) is 0 Å². The van der Waals surface area contributed by atoms with Gasteiger partial charge in [0.15, 0.2) is 0 Å². The molecular weight excluding hydrogens is 146 g/mol. The van der Waals surface area contributed by atoms with Gasteiger partial charge in [-0.2, -0.15) is 0 Å². The van der Waals surface area contributed by atoms with Gasteiger partial charge in [-0.25, -0.2) is 0 Å². The van der Waals surface area contributed by atoms with E-state index in [0.29, 0.717) is 0 Å². The van der Waals surface area contributed by atoms with Gasteiger partial charge in [0.2, 0.25) is 0 Å². The standard InChI is InChI=1S/C11H17N/c1-4-5-10-6-8(2)11(12)9(3)7-10/h6-7H,4-5,12H2,1-3H3. The van der Waals surface area contributed by atoms with Crippen molar-refractivity contribution in [1.82, 2.24) is 0 Å². The molecule has 0 atom stereocenters. The Morgan fingerprint density at radius 3 is 2.08 bits per heavy atom. The van der Waals surface area contributed by atoms with Crippen molar-refractivity contribution in [1.29, 1.82) is 0 Å². The molecule has 0 saturated carbocycles. The second-order valence-electron chi connectivity index (χ2n) is 3.39. The highest BCUT2D eigenvalue weighted by Gasteiger charge is 2.00. The first-order chi connectivity index (χ1) is 5.65. The second-order valence-corrected chi connectivity index (χ2v) is 3.39. The Morgan fingerprint density at radius 2 is 1.67 bits per heavy atom. The molecule has 0 unspecified atom stereocenters. The fourth-order valence-electron chi connectivity index (χ4n) is 1.50. The van der Waals surface area contributed by atoms with Crippen LogP contribution in [0, 0.1) is 13.8 Å². The van der Waals surface area contributed by atoms with Crippen LogP contribution >= 0.6 is 0 Å². The van der Waals surface area contributed by atoms with Crippen molar-refractivity contribution < 1.29 is 0 Å². The maximum Gasteiger partial charge on any atom is 0.0373 e. The van der Waals surface area contributed by atoms with Gasteiger partial charge in [0.05, 0.1) is 0 Å². The lowest BCUT2D eigenvalue weighted by Gasteiger charge is -2.07. The summed E-state index contributed by atoms with van der Waals surface area (Å²) in [6, 6.07) is 4.37. The number of nitrogens with two attached hydrogens (primary N) is 1. The van der Waals surface area contributed by atoms with Crippen molar-refractivity contribution in [2.75, 3.05) is 5.73 Å². The van der Waals surface area contributed by atoms with Crippen LogP contribution in [0.2, 0.25) is 0 Å². The largest absolute Gasteiger partial charge is 0.398 e. The van der Waals surface area contributed by atoms with Crippen molar-refractivity contribution in [3.8, 4) is 0 Å².